The van der Waals surface area contributed by atoms with Gasteiger partial charge >= 0.3 is 0 Å². The Labute approximate surface area is 323 Å². The van der Waals surface area contributed by atoms with Crippen molar-refractivity contribution in [3.05, 3.63) is 0 Å². The van der Waals surface area contributed by atoms with Crippen molar-refractivity contribution >= 4 is 0 Å². The monoisotopic (exact) mass is 711 g/mol. The van der Waals surface area contributed by atoms with E-state index in [9.17, 15) is 0 Å². The van der Waals surface area contributed by atoms with Crippen LogP contribution in [0.5, 0.6) is 0 Å². The molecule has 0 heteroatoms. The highest BCUT2D eigenvalue weighted by atomic mass is 14.6. The van der Waals surface area contributed by atoms with Gasteiger partial charge in [-0.3, -0.25) is 0 Å². The second-order valence-corrected chi connectivity index (χ2v) is 23.1. The summed E-state index contributed by atoms with van der Waals surface area (Å²) >= 11 is 0. The van der Waals surface area contributed by atoms with Gasteiger partial charge in [-0.1, -0.05) is 122 Å². The third kappa shape index (κ3) is 7.21. The molecule has 0 heterocycles. The van der Waals surface area contributed by atoms with Gasteiger partial charge in [-0.2, -0.15) is 0 Å². The number of rotatable bonds is 5. The maximum Gasteiger partial charge on any atom is -0.0323 e. The van der Waals surface area contributed by atoms with Crippen LogP contribution < -0.4 is 0 Å². The van der Waals surface area contributed by atoms with Crippen LogP contribution in [0.2, 0.25) is 0 Å². The van der Waals surface area contributed by atoms with Crippen molar-refractivity contribution in [2.75, 3.05) is 0 Å². The molecule has 10 fully saturated rings. The molecule has 0 spiro atoms. The predicted octanol–water partition coefficient (Wildman–Crippen LogP) is 15.5. The van der Waals surface area contributed by atoms with Gasteiger partial charge in [0.05, 0.1) is 0 Å². The van der Waals surface area contributed by atoms with Crippen molar-refractivity contribution in [2.24, 2.45) is 107 Å². The predicted molar refractivity (Wildman–Crippen MR) is 220 cm³/mol. The summed E-state index contributed by atoms with van der Waals surface area (Å²) in [6, 6.07) is 0. The first-order valence-corrected chi connectivity index (χ1v) is 25.8. The average molecular weight is 711 g/mol. The highest BCUT2D eigenvalue weighted by Crippen LogP contribution is 2.66. The van der Waals surface area contributed by atoms with Crippen molar-refractivity contribution in [3.8, 4) is 0 Å². The zero-order chi connectivity index (χ0) is 34.4. The van der Waals surface area contributed by atoms with Gasteiger partial charge in [0.1, 0.15) is 0 Å². The summed E-state index contributed by atoms with van der Waals surface area (Å²) < 4.78 is 0. The lowest BCUT2D eigenvalue weighted by molar-refractivity contribution is -0.141. The maximum absolute atomic E-state index is 1.71. The molecule has 0 nitrogen and oxygen atoms in total. The van der Waals surface area contributed by atoms with Gasteiger partial charge in [-0.15, -0.1) is 0 Å². The molecule has 0 N–H and O–H groups in total. The third-order valence-electron chi connectivity index (χ3n) is 21.3. The van der Waals surface area contributed by atoms with Crippen LogP contribution in [0.25, 0.3) is 0 Å². The molecule has 0 aromatic heterocycles. The summed E-state index contributed by atoms with van der Waals surface area (Å²) in [6.45, 7) is 0. The molecule has 0 aromatic carbocycles. The highest BCUT2D eigenvalue weighted by Gasteiger charge is 2.58. The molecule has 52 heavy (non-hydrogen) atoms. The van der Waals surface area contributed by atoms with Crippen molar-refractivity contribution in [2.45, 2.75) is 218 Å². The molecule has 0 aromatic rings. The zero-order valence-electron chi connectivity index (χ0n) is 34.4. The Kier molecular flexibility index (Phi) is 11.5. The van der Waals surface area contributed by atoms with E-state index in [1.165, 1.54) is 0 Å². The van der Waals surface area contributed by atoms with Gasteiger partial charge in [0.25, 0.3) is 0 Å². The summed E-state index contributed by atoms with van der Waals surface area (Å²) in [5, 5.41) is 0. The molecule has 0 bridgehead atoms. The van der Waals surface area contributed by atoms with Gasteiger partial charge in [0, 0.05) is 0 Å². The van der Waals surface area contributed by atoms with E-state index in [0.717, 1.165) is 107 Å². The lowest BCUT2D eigenvalue weighted by Gasteiger charge is -2.63. The molecule has 0 saturated heterocycles. The van der Waals surface area contributed by atoms with Crippen LogP contribution in [-0.4, -0.2) is 0 Å². The summed E-state index contributed by atoms with van der Waals surface area (Å²) in [4.78, 5) is 0. The Morgan fingerprint density at radius 3 is 1.12 bits per heavy atom. The maximum atomic E-state index is 1.71. The fourth-order valence-corrected chi connectivity index (χ4v) is 19.3. The fourth-order valence-electron chi connectivity index (χ4n) is 19.3. The zero-order valence-corrected chi connectivity index (χ0v) is 34.4. The van der Waals surface area contributed by atoms with Gasteiger partial charge < -0.3 is 0 Å². The minimum Gasteiger partial charge on any atom is -0.0533 e. The van der Waals surface area contributed by atoms with Crippen LogP contribution in [0.4, 0.5) is 0 Å². The summed E-state index contributed by atoms with van der Waals surface area (Å²) in [5.74, 6) is 20.2. The van der Waals surface area contributed by atoms with Gasteiger partial charge in [-0.05, 0) is 203 Å². The summed E-state index contributed by atoms with van der Waals surface area (Å²) in [5.41, 5.74) is 0. The molecule has 0 aliphatic heterocycles. The molecule has 14 unspecified atom stereocenters. The van der Waals surface area contributed by atoms with Crippen molar-refractivity contribution in [1.29, 1.82) is 0 Å². The van der Waals surface area contributed by atoms with E-state index in [-0.39, 0.29) is 0 Å². The van der Waals surface area contributed by atoms with E-state index >= 15 is 0 Å². The number of hydrogen-bond acceptors (Lipinski definition) is 0. The van der Waals surface area contributed by atoms with Crippen LogP contribution in [0.3, 0.4) is 0 Å². The first kappa shape index (κ1) is 36.3. The quantitative estimate of drug-likeness (QED) is 0.266. The van der Waals surface area contributed by atoms with E-state index in [4.69, 9.17) is 0 Å². The smallest absolute Gasteiger partial charge is 0.0323 e. The van der Waals surface area contributed by atoms with E-state index in [0.29, 0.717) is 0 Å². The lowest BCUT2D eigenvalue weighted by atomic mass is 9.42. The molecule has 294 valence electrons. The van der Waals surface area contributed by atoms with E-state index in [1.807, 2.05) is 0 Å². The van der Waals surface area contributed by atoms with E-state index < -0.39 is 0 Å². The summed E-state index contributed by atoms with van der Waals surface area (Å²) in [6.07, 6.45) is 54.8. The van der Waals surface area contributed by atoms with Crippen molar-refractivity contribution in [3.63, 3.8) is 0 Å². The fraction of sp³-hybridized carbons (Fsp3) is 1.00. The Bertz CT molecular complexity index is 1110. The van der Waals surface area contributed by atoms with Crippen LogP contribution in [0.15, 0.2) is 0 Å². The standard InChI is InChI=1S/C52H86/c1-3-12-35(13-4-1)42-29-31-48-49(33-42)51(40-25-23-39(24-26-40)46-21-11-19-38-17-9-10-20-45(38)46)47-30-28-43(36-14-5-2-6-15-36)34-50(47)52(48)44-27-22-37-16-7-8-18-41(37)32-44/h35-52H,1-34H2. The number of hydrogen-bond donors (Lipinski definition) is 0. The number of fused-ring (bicyclic) bond motifs is 4. The Morgan fingerprint density at radius 1 is 0.154 bits per heavy atom. The second-order valence-electron chi connectivity index (χ2n) is 23.1. The molecule has 10 saturated carbocycles. The Morgan fingerprint density at radius 2 is 0.500 bits per heavy atom. The van der Waals surface area contributed by atoms with Crippen molar-refractivity contribution in [1.82, 2.24) is 0 Å². The first-order valence-electron chi connectivity index (χ1n) is 25.8. The Balaban J connectivity index is 0.936. The molecule has 10 rings (SSSR count). The van der Waals surface area contributed by atoms with E-state index in [2.05, 4.69) is 0 Å². The third-order valence-corrected chi connectivity index (χ3v) is 21.3. The summed E-state index contributed by atoms with van der Waals surface area (Å²) in [7, 11) is 0. The minimum atomic E-state index is 1.10. The SMILES string of the molecule is C1CCC(C2CCC3C(C2)C(C2CCC(C4CCCC5CCCCC54)CC2)C2CCC(C4CCCCC4)CC2C3C2CCC3CCCCC3C2)CC1. The largest absolute Gasteiger partial charge is 0.0533 e. The topological polar surface area (TPSA) is 0 Å². The highest BCUT2D eigenvalue weighted by molar-refractivity contribution is 5.07. The lowest BCUT2D eigenvalue weighted by Crippen LogP contribution is -2.56. The molecule has 0 amide bonds. The van der Waals surface area contributed by atoms with Crippen LogP contribution in [0.1, 0.15) is 218 Å². The molecular formula is C52H86. The van der Waals surface area contributed by atoms with E-state index in [1.54, 1.807) is 218 Å². The van der Waals surface area contributed by atoms with Gasteiger partial charge in [0.2, 0.25) is 0 Å². The van der Waals surface area contributed by atoms with Crippen LogP contribution in [-0.2, 0) is 0 Å². The molecule has 14 atom stereocenters. The Hall–Kier alpha value is 0. The van der Waals surface area contributed by atoms with Crippen LogP contribution >= 0.6 is 0 Å². The first-order chi connectivity index (χ1) is 25.8. The molecule has 0 radical (unpaired) electrons. The minimum absolute atomic E-state index is 1.10. The average Bonchev–Trinajstić information content (AvgIpc) is 3.23. The van der Waals surface area contributed by atoms with Gasteiger partial charge in [0.15, 0.2) is 0 Å². The molecule has 10 aliphatic carbocycles. The van der Waals surface area contributed by atoms with Crippen molar-refractivity contribution < 1.29 is 0 Å². The van der Waals surface area contributed by atoms with Gasteiger partial charge in [-0.25, -0.2) is 0 Å². The second kappa shape index (κ2) is 16.5. The normalized spacial score (nSPS) is 51.0. The van der Waals surface area contributed by atoms with Crippen LogP contribution in [0, 0.1) is 107 Å². The molecule has 10 aliphatic rings. The molecular weight excluding hydrogens is 625 g/mol.